The molecule has 12 heterocycles. The van der Waals surface area contributed by atoms with E-state index in [4.69, 9.17) is 26.9 Å². The summed E-state index contributed by atoms with van der Waals surface area (Å²) in [5, 5.41) is 68.6. The minimum atomic E-state index is -0.765. The number of nitrogens with zero attached hydrogens (tertiary/aromatic N) is 12. The lowest BCUT2D eigenvalue weighted by molar-refractivity contribution is -0.141. The fourth-order valence-electron chi connectivity index (χ4n) is 17.5. The second-order valence-electron chi connectivity index (χ2n) is 35.7. The van der Waals surface area contributed by atoms with Crippen molar-refractivity contribution in [3.8, 4) is 43.5 Å². The molecule has 4 saturated heterocycles. The molecule has 34 nitrogen and oxygen atoms in total. The summed E-state index contributed by atoms with van der Waals surface area (Å²) in [4.78, 5) is 131. The molecule has 4 aliphatic rings. The van der Waals surface area contributed by atoms with Crippen molar-refractivity contribution in [1.82, 2.24) is 81.4 Å². The molecule has 8 N–H and O–H groups in total. The van der Waals surface area contributed by atoms with Crippen LogP contribution in [0.25, 0.3) is 43.5 Å². The second kappa shape index (κ2) is 44.9. The smallest absolute Gasteiger partial charge is 0.243 e. The molecule has 714 valence electrons. The summed E-state index contributed by atoms with van der Waals surface area (Å²) in [6.45, 7) is 29.0. The summed E-state index contributed by atoms with van der Waals surface area (Å²) in [7, 11) is 0. The highest BCUT2D eigenvalue weighted by Gasteiger charge is 2.48. The number of hydrogen-bond donors (Lipinski definition) is 8. The number of aliphatic hydroxyl groups excluding tert-OH is 4. The van der Waals surface area contributed by atoms with Crippen LogP contribution < -0.4 is 21.3 Å². The number of rotatable bonds is 28. The highest BCUT2D eigenvalue weighted by atomic mass is 32.1. The van der Waals surface area contributed by atoms with Gasteiger partial charge in [-0.1, -0.05) is 159 Å². The number of aromatic nitrogens is 8. The summed E-state index contributed by atoms with van der Waals surface area (Å²) >= 11 is 3.17. The lowest BCUT2D eigenvalue weighted by Crippen LogP contribution is -2.48. The van der Waals surface area contributed by atoms with Gasteiger partial charge >= 0.3 is 0 Å². The zero-order valence-corrected chi connectivity index (χ0v) is 79.9. The van der Waals surface area contributed by atoms with Crippen LogP contribution in [0.2, 0.25) is 0 Å². The Labute approximate surface area is 790 Å². The van der Waals surface area contributed by atoms with Gasteiger partial charge in [0.1, 0.15) is 59.0 Å². The predicted molar refractivity (Wildman–Crippen MR) is 501 cm³/mol. The van der Waals surface area contributed by atoms with Crippen LogP contribution in [0.3, 0.4) is 0 Å². The number of β-amino-alcohol motifs (C(OH)–C–C–N with tert-alkyl or cyclic N) is 4. The van der Waals surface area contributed by atoms with Crippen molar-refractivity contribution >= 4 is 69.9 Å². The largest absolute Gasteiger partial charge is 0.444 e. The van der Waals surface area contributed by atoms with Crippen molar-refractivity contribution in [3.05, 3.63) is 237 Å². The maximum Gasteiger partial charge on any atom is 0.243 e. The molecular formula is C99H118N16O18S2. The van der Waals surface area contributed by atoms with E-state index in [1.54, 1.807) is 86.3 Å². The summed E-state index contributed by atoms with van der Waals surface area (Å²) in [5.41, 5.74) is 15.9. The number of likely N-dealkylation sites (tertiary alicyclic amines) is 4. The Balaban J connectivity index is 0.000000153. The van der Waals surface area contributed by atoms with Crippen LogP contribution in [0.1, 0.15) is 222 Å². The van der Waals surface area contributed by atoms with Crippen LogP contribution in [-0.2, 0) is 44.9 Å². The molecule has 4 fully saturated rings. The molecule has 8 amide bonds. The van der Waals surface area contributed by atoms with Gasteiger partial charge in [0.2, 0.25) is 47.3 Å². The third-order valence-electron chi connectivity index (χ3n) is 24.8. The molecule has 12 aromatic rings. The zero-order chi connectivity index (χ0) is 96.7. The Hall–Kier alpha value is -13.0. The van der Waals surface area contributed by atoms with Gasteiger partial charge in [0.25, 0.3) is 0 Å². The molecule has 135 heavy (non-hydrogen) atoms. The molecule has 8 aromatic heterocycles. The van der Waals surface area contributed by atoms with Crippen LogP contribution in [0.15, 0.2) is 184 Å². The molecule has 0 spiro atoms. The molecule has 0 saturated carbocycles. The highest BCUT2D eigenvalue weighted by Crippen LogP contribution is 2.38. The van der Waals surface area contributed by atoms with Gasteiger partial charge in [0, 0.05) is 100.0 Å². The van der Waals surface area contributed by atoms with E-state index < -0.39 is 72.3 Å². The topological polar surface area (TPSA) is 461 Å². The van der Waals surface area contributed by atoms with Crippen LogP contribution in [-0.4, -0.2) is 203 Å². The molecule has 0 aliphatic carbocycles. The summed E-state index contributed by atoms with van der Waals surface area (Å²) < 4.78 is 32.1. The van der Waals surface area contributed by atoms with Crippen molar-refractivity contribution in [2.45, 2.75) is 239 Å². The zero-order valence-electron chi connectivity index (χ0n) is 78.3. The van der Waals surface area contributed by atoms with Gasteiger partial charge in [-0.25, -0.2) is 15.0 Å². The minimum absolute atomic E-state index is 0.0593. The van der Waals surface area contributed by atoms with Crippen molar-refractivity contribution in [3.63, 3.8) is 0 Å². The Morgan fingerprint density at radius 1 is 0.415 bits per heavy atom. The molecular weight excluding hydrogens is 1770 g/mol. The molecule has 36 heteroatoms. The SMILES string of the molecule is CC[C@@H](C(=O)N1C[C@H](O)C[C@H]1C(=O)NCc1ccc(-c2cnco2)cc1)c1cc(C)no1.CC[C@@H](C(=O)N1C[C@H](O)C[C@H]1C(=O)N[C@@H](C)c1ccc(-c2cncs2)cc1)c1cc(C)no1.Cc1cc([C@H](C(=O)N2C[C@H](O)C[C@H]2C(=O)N[C@@H](C)c2ccc(-c3ocnc3C)cc2)C(C)C)on1.Cc1cc([C@H](C(=O)N2C[C@H](O)C[C@H]2C(=O)N[C@@H](C)c2ccc(-c3scnc3C)cc2)C(C)C)on1. The average molecular weight is 1880 g/mol. The number of nitrogens with one attached hydrogen (secondary N) is 4. The van der Waals surface area contributed by atoms with E-state index in [-0.39, 0.29) is 129 Å². The third-order valence-corrected chi connectivity index (χ3v) is 26.6. The number of carbonyl (C=O) groups is 8. The van der Waals surface area contributed by atoms with Gasteiger partial charge in [0.05, 0.1) is 116 Å². The fraction of sp³-hybridized carbons (Fsp3) is 0.434. The molecule has 0 bridgehead atoms. The first-order chi connectivity index (χ1) is 64.6. The Morgan fingerprint density at radius 3 is 1.14 bits per heavy atom. The monoisotopic (exact) mass is 1880 g/mol. The highest BCUT2D eigenvalue weighted by molar-refractivity contribution is 7.13. The quantitative estimate of drug-likeness (QED) is 0.0226. The Bertz CT molecular complexity index is 5780. The Morgan fingerprint density at radius 2 is 0.800 bits per heavy atom. The van der Waals surface area contributed by atoms with Crippen LogP contribution in [0.5, 0.6) is 0 Å². The molecule has 0 radical (unpaired) electrons. The molecule has 4 aromatic carbocycles. The first-order valence-electron chi connectivity index (χ1n) is 45.5. The predicted octanol–water partition coefficient (Wildman–Crippen LogP) is 13.4. The van der Waals surface area contributed by atoms with Gasteiger partial charge in [-0.05, 0) is 120 Å². The lowest BCUT2D eigenvalue weighted by atomic mass is 9.91. The molecule has 0 unspecified atom stereocenters. The lowest BCUT2D eigenvalue weighted by Gasteiger charge is -2.29. The number of oxazole rings is 2. The van der Waals surface area contributed by atoms with Gasteiger partial charge in [-0.3, -0.25) is 43.3 Å². The first-order valence-corrected chi connectivity index (χ1v) is 47.2. The van der Waals surface area contributed by atoms with E-state index in [0.717, 1.165) is 65.6 Å². The van der Waals surface area contributed by atoms with Crippen molar-refractivity contribution in [2.24, 2.45) is 11.8 Å². The number of carbonyl (C=O) groups excluding carboxylic acids is 8. The van der Waals surface area contributed by atoms with Crippen molar-refractivity contribution in [2.75, 3.05) is 26.2 Å². The average Bonchev–Trinajstić information content (AvgIpc) is 1.66. The summed E-state index contributed by atoms with van der Waals surface area (Å²) in [6, 6.07) is 34.5. The van der Waals surface area contributed by atoms with Crippen molar-refractivity contribution in [1.29, 1.82) is 0 Å². The van der Waals surface area contributed by atoms with Crippen molar-refractivity contribution < 1.29 is 85.7 Å². The molecule has 4 aliphatic heterocycles. The third kappa shape index (κ3) is 24.2. The van der Waals surface area contributed by atoms with E-state index in [2.05, 4.69) is 61.8 Å². The second-order valence-corrected chi connectivity index (χ2v) is 37.4. The number of benzene rings is 4. The van der Waals surface area contributed by atoms with Crippen LogP contribution in [0, 0.1) is 53.4 Å². The van der Waals surface area contributed by atoms with E-state index in [1.165, 1.54) is 32.4 Å². The van der Waals surface area contributed by atoms with E-state index in [9.17, 15) is 58.8 Å². The van der Waals surface area contributed by atoms with Crippen LogP contribution >= 0.6 is 22.7 Å². The minimum Gasteiger partial charge on any atom is -0.444 e. The first kappa shape index (κ1) is 99.5. The number of aryl methyl sites for hydroxylation is 6. The van der Waals surface area contributed by atoms with Gasteiger partial charge in [-0.15, -0.1) is 22.7 Å². The van der Waals surface area contributed by atoms with E-state index in [0.29, 0.717) is 76.7 Å². The maximum atomic E-state index is 13.5. The molecule has 15 atom stereocenters. The summed E-state index contributed by atoms with van der Waals surface area (Å²) in [5.74, 6) is -1.16. The van der Waals surface area contributed by atoms with Gasteiger partial charge in [0.15, 0.2) is 24.3 Å². The Kier molecular flexibility index (Phi) is 33.1. The normalized spacial score (nSPS) is 19.6. The number of thiazole rings is 2. The number of hydrogen-bond acceptors (Lipinski definition) is 28. The standard InChI is InChI=1S/C26H32N4O5.C26H32N4O4S.C24H28N4O4S.C23H26N4O5/c1-14(2)23(22-10-15(3)29-35-22)26(33)30-12-20(31)11-21(30)25(32)28-16(4)18-6-8-19(9-7-18)24-17(5)27-13-34-24;1-14(2)23(22-10-15(3)29-34-22)26(33)30-12-20(31)11-21(30)25(32)28-16(4)18-6-8-19(9-7-18)24-17(5)27-13-35-24;1-4-19(21-9-14(2)27-32-21)24(31)28-12-18(29)10-20(28)23(30)26-15(3)16-5-7-17(8-6-16)22-11-25-13-33-22;1-3-18(20-8-14(2)26-32-20)23(30)27-12-17(28)9-19(27)22(29)25-10-15-4-6-16(7-5-15)21-11-24-13-31-21/h2*6-10,13-14,16,20-21,23,31H,11-12H2,1-5H3,(H,28,32);5-9,11,13,15,18-20,29H,4,10,12H2,1-3H3,(H,26,30);4-8,11,13,17-19,28H,3,9-10,12H2,1-2H3,(H,25,29)/t2*16-,20+,21-,23+;15-,18+,19+,20-;17-,18-,19+/m0001/s1. The maximum absolute atomic E-state index is 13.5. The number of aliphatic hydroxyl groups is 4. The van der Waals surface area contributed by atoms with Crippen LogP contribution in [0.4, 0.5) is 0 Å². The van der Waals surface area contributed by atoms with E-state index >= 15 is 0 Å². The van der Waals surface area contributed by atoms with Gasteiger partial charge in [-0.2, -0.15) is 0 Å². The van der Waals surface area contributed by atoms with Gasteiger partial charge < -0.3 is 88.2 Å². The summed E-state index contributed by atoms with van der Waals surface area (Å²) in [6.07, 6.45) is 5.06. The number of amides is 8. The van der Waals surface area contributed by atoms with E-state index in [1.807, 2.05) is 185 Å². The molecule has 16 rings (SSSR count). The fourth-order valence-corrected chi connectivity index (χ4v) is 19.0.